The van der Waals surface area contributed by atoms with Crippen molar-refractivity contribution in [2.75, 3.05) is 17.5 Å². The van der Waals surface area contributed by atoms with Gasteiger partial charge in [-0.05, 0) is 24.3 Å². The summed E-state index contributed by atoms with van der Waals surface area (Å²) in [4.78, 5) is 0.0687. The van der Waals surface area contributed by atoms with E-state index in [1.807, 2.05) is 6.07 Å². The van der Waals surface area contributed by atoms with Crippen molar-refractivity contribution >= 4 is 15.7 Å². The molecule has 1 aliphatic heterocycles. The Labute approximate surface area is 123 Å². The molecule has 0 atom stereocenters. The molecule has 0 saturated heterocycles. The molecule has 5 nitrogen and oxygen atoms in total. The molecule has 0 fully saturated rings. The minimum atomic E-state index is -3.73. The molecule has 0 spiro atoms. The number of benzene rings is 2. The maximum absolute atomic E-state index is 12.8. The second-order valence-corrected chi connectivity index (χ2v) is 6.61. The first-order valence-corrected chi connectivity index (χ1v) is 8.07. The Bertz CT molecular complexity index is 758. The Morgan fingerprint density at radius 3 is 2.71 bits per heavy atom. The van der Waals surface area contributed by atoms with Gasteiger partial charge in [-0.25, -0.2) is 8.42 Å². The van der Waals surface area contributed by atoms with Crippen molar-refractivity contribution in [3.05, 3.63) is 48.5 Å². The molecular weight excluding hydrogens is 290 g/mol. The van der Waals surface area contributed by atoms with Gasteiger partial charge in [-0.3, -0.25) is 4.31 Å². The average Bonchev–Trinajstić information content (AvgIpc) is 2.70. The summed E-state index contributed by atoms with van der Waals surface area (Å²) >= 11 is 0. The zero-order valence-corrected chi connectivity index (χ0v) is 12.1. The van der Waals surface area contributed by atoms with E-state index in [2.05, 4.69) is 0 Å². The third-order valence-electron chi connectivity index (χ3n) is 3.30. The van der Waals surface area contributed by atoms with Crippen molar-refractivity contribution in [1.82, 2.24) is 0 Å². The number of ether oxygens (including phenoxy) is 1. The van der Waals surface area contributed by atoms with Gasteiger partial charge in [0, 0.05) is 19.0 Å². The number of sulfonamides is 1. The highest BCUT2D eigenvalue weighted by Gasteiger charge is 2.28. The molecule has 0 saturated carbocycles. The Kier molecular flexibility index (Phi) is 3.47. The maximum Gasteiger partial charge on any atom is 0.264 e. The molecule has 110 valence electrons. The van der Waals surface area contributed by atoms with Gasteiger partial charge in [-0.2, -0.15) is 0 Å². The molecule has 0 aliphatic carbocycles. The van der Waals surface area contributed by atoms with Gasteiger partial charge in [0.1, 0.15) is 11.5 Å². The summed E-state index contributed by atoms with van der Waals surface area (Å²) < 4.78 is 32.5. The first-order valence-electron chi connectivity index (χ1n) is 6.62. The molecule has 0 bridgehead atoms. The number of anilines is 1. The van der Waals surface area contributed by atoms with E-state index in [4.69, 9.17) is 4.74 Å². The van der Waals surface area contributed by atoms with Gasteiger partial charge in [0.15, 0.2) is 0 Å². The quantitative estimate of drug-likeness (QED) is 0.925. The monoisotopic (exact) mass is 305 g/mol. The number of phenolic OH excluding ortho intramolecular Hbond substituents is 1. The Morgan fingerprint density at radius 2 is 1.90 bits per heavy atom. The molecular formula is C15H15NO4S. The molecule has 1 heterocycles. The van der Waals surface area contributed by atoms with Crippen LogP contribution in [0.15, 0.2) is 53.4 Å². The maximum atomic E-state index is 12.8. The number of para-hydroxylation sites is 2. The van der Waals surface area contributed by atoms with Crippen LogP contribution >= 0.6 is 0 Å². The summed E-state index contributed by atoms with van der Waals surface area (Å²) in [6.45, 7) is 0.818. The third kappa shape index (κ3) is 2.54. The fourth-order valence-electron chi connectivity index (χ4n) is 2.32. The normalized spacial score (nSPS) is 15.0. The predicted molar refractivity (Wildman–Crippen MR) is 79.2 cm³/mol. The van der Waals surface area contributed by atoms with Gasteiger partial charge < -0.3 is 9.84 Å². The van der Waals surface area contributed by atoms with Crippen molar-refractivity contribution in [1.29, 1.82) is 0 Å². The largest absolute Gasteiger partial charge is 0.508 e. The minimum absolute atomic E-state index is 0.0687. The summed E-state index contributed by atoms with van der Waals surface area (Å²) in [6, 6.07) is 12.8. The number of phenols is 1. The van der Waals surface area contributed by atoms with Crippen LogP contribution in [0.4, 0.5) is 5.69 Å². The summed E-state index contributed by atoms with van der Waals surface area (Å²) in [6.07, 6.45) is 0.604. The first kappa shape index (κ1) is 13.8. The van der Waals surface area contributed by atoms with Gasteiger partial charge in [-0.1, -0.05) is 18.2 Å². The van der Waals surface area contributed by atoms with Crippen LogP contribution in [0.25, 0.3) is 0 Å². The van der Waals surface area contributed by atoms with E-state index in [0.717, 1.165) is 0 Å². The van der Waals surface area contributed by atoms with Crippen LogP contribution in [0.1, 0.15) is 6.42 Å². The fourth-order valence-corrected chi connectivity index (χ4v) is 3.87. The molecule has 3 rings (SSSR count). The zero-order valence-electron chi connectivity index (χ0n) is 11.3. The number of nitrogens with zero attached hydrogens (tertiary/aromatic N) is 1. The van der Waals surface area contributed by atoms with Crippen LogP contribution in [-0.2, 0) is 10.0 Å². The second kappa shape index (κ2) is 5.29. The lowest BCUT2D eigenvalue weighted by Gasteiger charge is -2.23. The SMILES string of the molecule is O=S(=O)(c1cccc(O)c1)N1CCCOc2ccccc21. The van der Waals surface area contributed by atoms with E-state index < -0.39 is 10.0 Å². The Hall–Kier alpha value is -2.21. The second-order valence-electron chi connectivity index (χ2n) is 4.74. The fraction of sp³-hybridized carbons (Fsp3) is 0.200. The van der Waals surface area contributed by atoms with Crippen LogP contribution < -0.4 is 9.04 Å². The molecule has 1 N–H and O–H groups in total. The number of aromatic hydroxyl groups is 1. The van der Waals surface area contributed by atoms with E-state index in [1.165, 1.54) is 28.6 Å². The van der Waals surface area contributed by atoms with Crippen molar-refractivity contribution < 1.29 is 18.3 Å². The van der Waals surface area contributed by atoms with Gasteiger partial charge in [-0.15, -0.1) is 0 Å². The number of rotatable bonds is 2. The van der Waals surface area contributed by atoms with E-state index in [9.17, 15) is 13.5 Å². The van der Waals surface area contributed by atoms with Crippen LogP contribution in [0.2, 0.25) is 0 Å². The summed E-state index contributed by atoms with van der Waals surface area (Å²) in [7, 11) is -3.73. The molecule has 1 aliphatic rings. The van der Waals surface area contributed by atoms with E-state index in [0.29, 0.717) is 31.0 Å². The van der Waals surface area contributed by atoms with Crippen molar-refractivity contribution in [2.24, 2.45) is 0 Å². The molecule has 0 unspecified atom stereocenters. The van der Waals surface area contributed by atoms with Gasteiger partial charge in [0.05, 0.1) is 17.2 Å². The zero-order chi connectivity index (χ0) is 14.9. The Balaban J connectivity index is 2.11. The van der Waals surface area contributed by atoms with Gasteiger partial charge in [0.25, 0.3) is 10.0 Å². The standard InChI is InChI=1S/C15H15NO4S/c17-12-5-3-6-13(11-12)21(18,19)16-9-4-10-20-15-8-2-1-7-14(15)16/h1-3,5-8,11,17H,4,9-10H2. The lowest BCUT2D eigenvalue weighted by Crippen LogP contribution is -2.31. The van der Waals surface area contributed by atoms with Crippen LogP contribution in [0.3, 0.4) is 0 Å². The lowest BCUT2D eigenvalue weighted by atomic mass is 10.3. The molecule has 0 radical (unpaired) electrons. The minimum Gasteiger partial charge on any atom is -0.508 e. The first-order chi connectivity index (χ1) is 10.1. The average molecular weight is 305 g/mol. The summed E-state index contributed by atoms with van der Waals surface area (Å²) in [5.41, 5.74) is 0.526. The van der Waals surface area contributed by atoms with Crippen molar-refractivity contribution in [3.8, 4) is 11.5 Å². The molecule has 6 heteroatoms. The van der Waals surface area contributed by atoms with E-state index in [1.54, 1.807) is 18.2 Å². The Morgan fingerprint density at radius 1 is 1.10 bits per heavy atom. The van der Waals surface area contributed by atoms with E-state index in [-0.39, 0.29) is 10.6 Å². The molecule has 0 amide bonds. The van der Waals surface area contributed by atoms with Crippen LogP contribution in [0.5, 0.6) is 11.5 Å². The molecule has 21 heavy (non-hydrogen) atoms. The van der Waals surface area contributed by atoms with E-state index >= 15 is 0 Å². The number of fused-ring (bicyclic) bond motifs is 1. The van der Waals surface area contributed by atoms with Crippen LogP contribution in [0, 0.1) is 0 Å². The van der Waals surface area contributed by atoms with Gasteiger partial charge in [0.2, 0.25) is 0 Å². The molecule has 2 aromatic rings. The van der Waals surface area contributed by atoms with Crippen molar-refractivity contribution in [3.63, 3.8) is 0 Å². The number of hydrogen-bond acceptors (Lipinski definition) is 4. The highest BCUT2D eigenvalue weighted by Crippen LogP contribution is 2.34. The topological polar surface area (TPSA) is 66.8 Å². The highest BCUT2D eigenvalue weighted by atomic mass is 32.2. The lowest BCUT2D eigenvalue weighted by molar-refractivity contribution is 0.322. The smallest absolute Gasteiger partial charge is 0.264 e. The number of hydrogen-bond donors (Lipinski definition) is 1. The van der Waals surface area contributed by atoms with Crippen molar-refractivity contribution in [2.45, 2.75) is 11.3 Å². The third-order valence-corrected chi connectivity index (χ3v) is 5.11. The van der Waals surface area contributed by atoms with Crippen LogP contribution in [-0.4, -0.2) is 26.7 Å². The summed E-state index contributed by atoms with van der Waals surface area (Å²) in [5.74, 6) is 0.481. The highest BCUT2D eigenvalue weighted by molar-refractivity contribution is 7.92. The molecule has 0 aromatic heterocycles. The molecule has 2 aromatic carbocycles. The summed E-state index contributed by atoms with van der Waals surface area (Å²) in [5, 5.41) is 9.52. The van der Waals surface area contributed by atoms with Gasteiger partial charge >= 0.3 is 0 Å². The predicted octanol–water partition coefficient (Wildman–Crippen LogP) is 2.37.